The molecule has 1 heterocycles. The highest BCUT2D eigenvalue weighted by molar-refractivity contribution is 7.89. The maximum atomic E-state index is 12.5. The first-order valence-electron chi connectivity index (χ1n) is 7.84. The normalized spacial score (nSPS) is 17.1. The van der Waals surface area contributed by atoms with E-state index in [1.54, 1.807) is 12.3 Å². The summed E-state index contributed by atoms with van der Waals surface area (Å²) in [7, 11) is -1.53. The average molecular weight is 313 g/mol. The number of nitrogens with zero attached hydrogens (tertiary/aromatic N) is 1. The molecule has 1 aliphatic rings. The highest BCUT2D eigenvalue weighted by Gasteiger charge is 2.28. The molecule has 120 valence electrons. The van der Waals surface area contributed by atoms with Gasteiger partial charge >= 0.3 is 0 Å². The topological polar surface area (TPSA) is 63.1 Å². The molecule has 0 saturated heterocycles. The second-order valence-electron chi connectivity index (χ2n) is 5.96. The zero-order valence-corrected chi connectivity index (χ0v) is 14.0. The predicted octanol–water partition coefficient (Wildman–Crippen LogP) is 1.99. The molecule has 1 atom stereocenters. The predicted molar refractivity (Wildman–Crippen MR) is 84.5 cm³/mol. The molecular weight excluding hydrogens is 286 g/mol. The van der Waals surface area contributed by atoms with Crippen LogP contribution in [0, 0.1) is 5.92 Å². The first kappa shape index (κ1) is 16.5. The summed E-state index contributed by atoms with van der Waals surface area (Å²) in [5, 5.41) is 3.22. The number of nitrogens with one attached hydrogen (secondary N) is 2. The van der Waals surface area contributed by atoms with Crippen molar-refractivity contribution in [2.45, 2.75) is 57.0 Å². The Labute approximate surface area is 128 Å². The number of hydrogen-bond donors (Lipinski definition) is 2. The lowest BCUT2D eigenvalue weighted by molar-refractivity contribution is 0.495. The zero-order valence-electron chi connectivity index (χ0n) is 13.2. The summed E-state index contributed by atoms with van der Waals surface area (Å²) in [6.07, 6.45) is 5.99. The van der Waals surface area contributed by atoms with Gasteiger partial charge in [-0.25, -0.2) is 13.1 Å². The molecule has 6 heteroatoms. The van der Waals surface area contributed by atoms with E-state index in [-0.39, 0.29) is 6.04 Å². The molecule has 1 unspecified atom stereocenters. The SMILES string of the molecule is CCNCc1cc(S(=O)(=O)NC(CC)CC2CC2)cn1C. The van der Waals surface area contributed by atoms with Gasteiger partial charge in [0.2, 0.25) is 10.0 Å². The van der Waals surface area contributed by atoms with Crippen LogP contribution in [0.25, 0.3) is 0 Å². The summed E-state index contributed by atoms with van der Waals surface area (Å²) >= 11 is 0. The highest BCUT2D eigenvalue weighted by Crippen LogP contribution is 2.34. The lowest BCUT2D eigenvalue weighted by Gasteiger charge is -2.16. The van der Waals surface area contributed by atoms with Crippen molar-refractivity contribution in [2.75, 3.05) is 6.54 Å². The summed E-state index contributed by atoms with van der Waals surface area (Å²) in [5.74, 6) is 0.720. The molecule has 0 aliphatic heterocycles. The molecule has 5 nitrogen and oxygen atoms in total. The summed E-state index contributed by atoms with van der Waals surface area (Å²) < 4.78 is 29.7. The molecule has 0 spiro atoms. The first-order valence-corrected chi connectivity index (χ1v) is 9.32. The van der Waals surface area contributed by atoms with Crippen molar-refractivity contribution >= 4 is 10.0 Å². The quantitative estimate of drug-likeness (QED) is 0.733. The number of sulfonamides is 1. The molecule has 21 heavy (non-hydrogen) atoms. The first-order chi connectivity index (χ1) is 9.96. The van der Waals surface area contributed by atoms with Gasteiger partial charge in [-0.3, -0.25) is 0 Å². The minimum absolute atomic E-state index is 0.0555. The maximum absolute atomic E-state index is 12.5. The fraction of sp³-hybridized carbons (Fsp3) is 0.733. The van der Waals surface area contributed by atoms with Crippen molar-refractivity contribution < 1.29 is 8.42 Å². The van der Waals surface area contributed by atoms with Crippen LogP contribution < -0.4 is 10.0 Å². The van der Waals surface area contributed by atoms with Crippen molar-refractivity contribution in [3.05, 3.63) is 18.0 Å². The van der Waals surface area contributed by atoms with Crippen LogP contribution in [-0.2, 0) is 23.6 Å². The molecule has 2 N–H and O–H groups in total. The molecule has 1 aliphatic carbocycles. The molecule has 1 aromatic heterocycles. The van der Waals surface area contributed by atoms with Gasteiger partial charge in [-0.2, -0.15) is 0 Å². The smallest absolute Gasteiger partial charge is 0.242 e. The van der Waals surface area contributed by atoms with Crippen molar-refractivity contribution in [1.29, 1.82) is 0 Å². The summed E-state index contributed by atoms with van der Waals surface area (Å²) in [5.41, 5.74) is 0.979. The van der Waals surface area contributed by atoms with E-state index in [1.807, 2.05) is 25.5 Å². The molecule has 0 radical (unpaired) electrons. The lowest BCUT2D eigenvalue weighted by Crippen LogP contribution is -2.34. The second kappa shape index (κ2) is 6.94. The standard InChI is InChI=1S/C15H27N3O2S/c1-4-13(8-12-6-7-12)17-21(19,20)15-9-14(10-16-5-2)18(3)11-15/h9,11-13,16-17H,4-8,10H2,1-3H3. The molecule has 0 aromatic carbocycles. The Morgan fingerprint density at radius 3 is 2.67 bits per heavy atom. The van der Waals surface area contributed by atoms with Crippen LogP contribution in [0.4, 0.5) is 0 Å². The third-order valence-corrected chi connectivity index (χ3v) is 5.57. The largest absolute Gasteiger partial charge is 0.352 e. The van der Waals surface area contributed by atoms with Gasteiger partial charge in [-0.15, -0.1) is 0 Å². The molecule has 1 aromatic rings. The summed E-state index contributed by atoms with van der Waals surface area (Å²) in [6, 6.07) is 1.81. The fourth-order valence-electron chi connectivity index (χ4n) is 2.49. The van der Waals surface area contributed by atoms with Gasteiger partial charge in [-0.05, 0) is 31.4 Å². The fourth-order valence-corrected chi connectivity index (χ4v) is 3.92. The van der Waals surface area contributed by atoms with Gasteiger partial charge in [0.1, 0.15) is 0 Å². The van der Waals surface area contributed by atoms with E-state index in [4.69, 9.17) is 0 Å². The molecule has 2 rings (SSSR count). The van der Waals surface area contributed by atoms with E-state index in [2.05, 4.69) is 10.0 Å². The number of aromatic nitrogens is 1. The van der Waals surface area contributed by atoms with Crippen LogP contribution in [0.1, 0.15) is 45.2 Å². The Morgan fingerprint density at radius 2 is 2.10 bits per heavy atom. The van der Waals surface area contributed by atoms with Gasteiger partial charge in [-0.1, -0.05) is 26.7 Å². The van der Waals surface area contributed by atoms with Gasteiger partial charge in [0.05, 0.1) is 4.90 Å². The van der Waals surface area contributed by atoms with E-state index < -0.39 is 10.0 Å². The van der Waals surface area contributed by atoms with E-state index in [1.165, 1.54) is 12.8 Å². The van der Waals surface area contributed by atoms with Crippen LogP contribution >= 0.6 is 0 Å². The van der Waals surface area contributed by atoms with Crippen molar-refractivity contribution in [1.82, 2.24) is 14.6 Å². The Morgan fingerprint density at radius 1 is 1.38 bits per heavy atom. The highest BCUT2D eigenvalue weighted by atomic mass is 32.2. The summed E-state index contributed by atoms with van der Waals surface area (Å²) in [6.45, 7) is 5.62. The minimum atomic E-state index is -3.41. The summed E-state index contributed by atoms with van der Waals surface area (Å²) in [4.78, 5) is 0.368. The van der Waals surface area contributed by atoms with E-state index >= 15 is 0 Å². The zero-order chi connectivity index (χ0) is 15.5. The van der Waals surface area contributed by atoms with E-state index in [9.17, 15) is 8.42 Å². The van der Waals surface area contributed by atoms with Crippen molar-refractivity contribution in [3.63, 3.8) is 0 Å². The third kappa shape index (κ3) is 4.56. The monoisotopic (exact) mass is 313 g/mol. The maximum Gasteiger partial charge on any atom is 0.242 e. The Balaban J connectivity index is 2.06. The van der Waals surface area contributed by atoms with Crippen LogP contribution in [0.3, 0.4) is 0 Å². The van der Waals surface area contributed by atoms with Gasteiger partial charge < -0.3 is 9.88 Å². The Bertz CT molecular complexity index is 561. The van der Waals surface area contributed by atoms with Gasteiger partial charge in [0, 0.05) is 31.5 Å². The Hall–Kier alpha value is -0.850. The van der Waals surface area contributed by atoms with Crippen LogP contribution in [-0.4, -0.2) is 25.6 Å². The number of hydrogen-bond acceptors (Lipinski definition) is 3. The van der Waals surface area contributed by atoms with Crippen LogP contribution in [0.2, 0.25) is 0 Å². The second-order valence-corrected chi connectivity index (χ2v) is 7.68. The number of rotatable bonds is 9. The minimum Gasteiger partial charge on any atom is -0.352 e. The molecular formula is C15H27N3O2S. The number of aryl methyl sites for hydroxylation is 1. The van der Waals surface area contributed by atoms with Crippen molar-refractivity contribution in [2.24, 2.45) is 13.0 Å². The molecule has 0 bridgehead atoms. The average Bonchev–Trinajstić information content (AvgIpc) is 3.17. The van der Waals surface area contributed by atoms with Gasteiger partial charge in [0.25, 0.3) is 0 Å². The van der Waals surface area contributed by atoms with E-state index in [0.717, 1.165) is 31.0 Å². The molecule has 1 fully saturated rings. The van der Waals surface area contributed by atoms with E-state index in [0.29, 0.717) is 11.4 Å². The van der Waals surface area contributed by atoms with Gasteiger partial charge in [0.15, 0.2) is 0 Å². The third-order valence-electron chi connectivity index (χ3n) is 4.08. The van der Waals surface area contributed by atoms with Crippen molar-refractivity contribution in [3.8, 4) is 0 Å². The van der Waals surface area contributed by atoms with Crippen LogP contribution in [0.15, 0.2) is 17.2 Å². The van der Waals surface area contributed by atoms with Crippen LogP contribution in [0.5, 0.6) is 0 Å². The Kier molecular flexibility index (Phi) is 5.46. The molecule has 0 amide bonds. The molecule has 1 saturated carbocycles. The lowest BCUT2D eigenvalue weighted by atomic mass is 10.1.